The van der Waals surface area contributed by atoms with Gasteiger partial charge in [0.15, 0.2) is 0 Å². The van der Waals surface area contributed by atoms with E-state index in [4.69, 9.17) is 0 Å². The summed E-state index contributed by atoms with van der Waals surface area (Å²) in [7, 11) is 0. The second-order valence-corrected chi connectivity index (χ2v) is 4.13. The summed E-state index contributed by atoms with van der Waals surface area (Å²) in [6, 6.07) is 0. The Kier molecular flexibility index (Phi) is 3.31. The lowest BCUT2D eigenvalue weighted by Crippen LogP contribution is -2.31. The van der Waals surface area contributed by atoms with Gasteiger partial charge in [-0.05, 0) is 24.9 Å². The third-order valence-corrected chi connectivity index (χ3v) is 3.00. The van der Waals surface area contributed by atoms with E-state index in [9.17, 15) is 0 Å². The molecule has 1 aliphatic rings. The Labute approximate surface area is 91.5 Å². The second-order valence-electron chi connectivity index (χ2n) is 4.13. The van der Waals surface area contributed by atoms with E-state index in [-0.39, 0.29) is 0 Å². The van der Waals surface area contributed by atoms with E-state index in [0.717, 1.165) is 44.7 Å². The maximum Gasteiger partial charge on any atom is 0.128 e. The van der Waals surface area contributed by atoms with Crippen LogP contribution in [0.5, 0.6) is 0 Å². The molecular formula is C12H19N3. The van der Waals surface area contributed by atoms with Crippen LogP contribution in [0.25, 0.3) is 0 Å². The van der Waals surface area contributed by atoms with Crippen LogP contribution in [0.2, 0.25) is 0 Å². The van der Waals surface area contributed by atoms with Crippen molar-refractivity contribution in [2.24, 2.45) is 0 Å². The molecule has 0 saturated heterocycles. The van der Waals surface area contributed by atoms with Gasteiger partial charge in [-0.25, -0.2) is 9.97 Å². The lowest BCUT2D eigenvalue weighted by atomic mass is 10.1. The van der Waals surface area contributed by atoms with E-state index in [1.807, 2.05) is 6.20 Å². The van der Waals surface area contributed by atoms with Crippen LogP contribution in [-0.4, -0.2) is 28.0 Å². The van der Waals surface area contributed by atoms with E-state index in [2.05, 4.69) is 28.7 Å². The van der Waals surface area contributed by atoms with Gasteiger partial charge in [0.05, 0.1) is 5.69 Å². The zero-order valence-corrected chi connectivity index (χ0v) is 9.66. The van der Waals surface area contributed by atoms with E-state index in [1.54, 1.807) is 0 Å². The fourth-order valence-electron chi connectivity index (χ4n) is 2.01. The normalized spacial score (nSPS) is 16.4. The van der Waals surface area contributed by atoms with Gasteiger partial charge < -0.3 is 0 Å². The van der Waals surface area contributed by atoms with Gasteiger partial charge >= 0.3 is 0 Å². The molecule has 0 amide bonds. The van der Waals surface area contributed by atoms with Crippen molar-refractivity contribution in [1.82, 2.24) is 14.9 Å². The van der Waals surface area contributed by atoms with Gasteiger partial charge in [-0.2, -0.15) is 0 Å². The Morgan fingerprint density at radius 1 is 1.40 bits per heavy atom. The fourth-order valence-corrected chi connectivity index (χ4v) is 2.01. The van der Waals surface area contributed by atoms with E-state index in [0.29, 0.717) is 0 Å². The minimum Gasteiger partial charge on any atom is -0.297 e. The second kappa shape index (κ2) is 4.71. The molecule has 3 heteroatoms. The Morgan fingerprint density at radius 2 is 2.27 bits per heavy atom. The van der Waals surface area contributed by atoms with Crippen molar-refractivity contribution >= 4 is 0 Å². The molecule has 2 heterocycles. The largest absolute Gasteiger partial charge is 0.297 e. The number of fused-ring (bicyclic) bond motifs is 1. The minimum absolute atomic E-state index is 0.999. The van der Waals surface area contributed by atoms with Gasteiger partial charge in [-0.3, -0.25) is 4.90 Å². The molecule has 0 aliphatic carbocycles. The van der Waals surface area contributed by atoms with Crippen LogP contribution < -0.4 is 0 Å². The lowest BCUT2D eigenvalue weighted by molar-refractivity contribution is 0.262. The average molecular weight is 205 g/mol. The summed E-state index contributed by atoms with van der Waals surface area (Å²) in [4.78, 5) is 11.5. The van der Waals surface area contributed by atoms with Crippen molar-refractivity contribution in [2.75, 3.05) is 13.1 Å². The Bertz CT molecular complexity index is 336. The molecule has 0 bridgehead atoms. The van der Waals surface area contributed by atoms with Crippen molar-refractivity contribution in [1.29, 1.82) is 0 Å². The highest BCUT2D eigenvalue weighted by Gasteiger charge is 2.16. The molecule has 0 saturated carbocycles. The molecule has 0 fully saturated rings. The van der Waals surface area contributed by atoms with Crippen molar-refractivity contribution in [3.8, 4) is 0 Å². The Balaban J connectivity index is 2.19. The third kappa shape index (κ3) is 2.34. The number of likely N-dealkylation sites (N-methyl/N-ethyl adjacent to an activating group) is 1. The monoisotopic (exact) mass is 205 g/mol. The van der Waals surface area contributed by atoms with Gasteiger partial charge in [-0.15, -0.1) is 0 Å². The van der Waals surface area contributed by atoms with Crippen LogP contribution in [-0.2, 0) is 19.4 Å². The molecule has 15 heavy (non-hydrogen) atoms. The molecule has 0 N–H and O–H groups in total. The maximum atomic E-state index is 4.65. The van der Waals surface area contributed by atoms with E-state index < -0.39 is 0 Å². The zero-order chi connectivity index (χ0) is 10.7. The summed E-state index contributed by atoms with van der Waals surface area (Å²) >= 11 is 0. The third-order valence-electron chi connectivity index (χ3n) is 3.00. The summed E-state index contributed by atoms with van der Waals surface area (Å²) in [5.41, 5.74) is 2.60. The molecule has 82 valence electrons. The van der Waals surface area contributed by atoms with Crippen LogP contribution in [0.1, 0.15) is 37.4 Å². The summed E-state index contributed by atoms with van der Waals surface area (Å²) < 4.78 is 0. The van der Waals surface area contributed by atoms with E-state index >= 15 is 0 Å². The van der Waals surface area contributed by atoms with Crippen LogP contribution in [0, 0.1) is 0 Å². The summed E-state index contributed by atoms with van der Waals surface area (Å²) in [6.07, 6.45) is 5.26. The van der Waals surface area contributed by atoms with Gasteiger partial charge in [0, 0.05) is 25.7 Å². The Morgan fingerprint density at radius 3 is 3.00 bits per heavy atom. The van der Waals surface area contributed by atoms with Crippen molar-refractivity contribution in [3.63, 3.8) is 0 Å². The molecule has 0 spiro atoms. The van der Waals surface area contributed by atoms with E-state index in [1.165, 1.54) is 11.3 Å². The molecule has 0 atom stereocenters. The molecule has 0 radical (unpaired) electrons. The van der Waals surface area contributed by atoms with Crippen molar-refractivity contribution < 1.29 is 0 Å². The number of hydrogen-bond acceptors (Lipinski definition) is 3. The highest BCUT2D eigenvalue weighted by atomic mass is 15.1. The molecule has 0 aromatic carbocycles. The van der Waals surface area contributed by atoms with Crippen LogP contribution in [0.3, 0.4) is 0 Å². The Hall–Kier alpha value is -0.960. The number of aromatic nitrogens is 2. The van der Waals surface area contributed by atoms with Crippen LogP contribution in [0.15, 0.2) is 6.20 Å². The predicted molar refractivity (Wildman–Crippen MR) is 60.7 cm³/mol. The zero-order valence-electron chi connectivity index (χ0n) is 9.66. The summed E-state index contributed by atoms with van der Waals surface area (Å²) in [5, 5.41) is 0. The predicted octanol–water partition coefficient (Wildman–Crippen LogP) is 1.81. The van der Waals surface area contributed by atoms with Crippen LogP contribution in [0.4, 0.5) is 0 Å². The van der Waals surface area contributed by atoms with Crippen molar-refractivity contribution in [2.45, 2.75) is 39.7 Å². The van der Waals surface area contributed by atoms with Gasteiger partial charge in [0.1, 0.15) is 5.82 Å². The molecule has 1 aromatic rings. The molecule has 0 unspecified atom stereocenters. The molecule has 2 rings (SSSR count). The first-order chi connectivity index (χ1) is 7.33. The van der Waals surface area contributed by atoms with Gasteiger partial charge in [-0.1, -0.05) is 13.8 Å². The standard InChI is InChI=1S/C12H19N3/c1-3-5-12-13-8-10-6-7-15(4-2)9-11(10)14-12/h8H,3-7,9H2,1-2H3. The molecule has 3 nitrogen and oxygen atoms in total. The maximum absolute atomic E-state index is 4.65. The average Bonchev–Trinajstić information content (AvgIpc) is 2.28. The molecule has 1 aliphatic heterocycles. The number of hydrogen-bond donors (Lipinski definition) is 0. The summed E-state index contributed by atoms with van der Waals surface area (Å²) in [6.45, 7) is 7.65. The molecule has 1 aromatic heterocycles. The quantitative estimate of drug-likeness (QED) is 0.753. The number of aryl methyl sites for hydroxylation is 1. The SMILES string of the molecule is CCCc1ncc2c(n1)CN(CC)CC2. The summed E-state index contributed by atoms with van der Waals surface area (Å²) in [5.74, 6) is 1.01. The van der Waals surface area contributed by atoms with Gasteiger partial charge in [0.2, 0.25) is 0 Å². The molecular weight excluding hydrogens is 186 g/mol. The minimum atomic E-state index is 0.999. The van der Waals surface area contributed by atoms with Crippen molar-refractivity contribution in [3.05, 3.63) is 23.3 Å². The first-order valence-electron chi connectivity index (χ1n) is 5.89. The highest BCUT2D eigenvalue weighted by molar-refractivity contribution is 5.20. The van der Waals surface area contributed by atoms with Gasteiger partial charge in [0.25, 0.3) is 0 Å². The topological polar surface area (TPSA) is 29.0 Å². The fraction of sp³-hybridized carbons (Fsp3) is 0.667. The number of rotatable bonds is 3. The van der Waals surface area contributed by atoms with Crippen LogP contribution >= 0.6 is 0 Å². The number of nitrogens with zero attached hydrogens (tertiary/aromatic N) is 3. The first-order valence-corrected chi connectivity index (χ1v) is 5.89. The lowest BCUT2D eigenvalue weighted by Gasteiger charge is -2.26. The smallest absolute Gasteiger partial charge is 0.128 e. The highest BCUT2D eigenvalue weighted by Crippen LogP contribution is 2.16. The first kappa shape index (κ1) is 10.6.